The van der Waals surface area contributed by atoms with Crippen molar-refractivity contribution in [2.75, 3.05) is 13.7 Å². The summed E-state index contributed by atoms with van der Waals surface area (Å²) in [6, 6.07) is 4.22. The molecule has 0 spiro atoms. The number of hydrogen-bond acceptors (Lipinski definition) is 5. The highest BCUT2D eigenvalue weighted by atomic mass is 16.5. The average Bonchev–Trinajstić information content (AvgIpc) is 3.14. The molecule has 1 aliphatic rings. The summed E-state index contributed by atoms with van der Waals surface area (Å²) in [5.74, 6) is -0.176. The fraction of sp³-hybridized carbons (Fsp3) is 0.438. The summed E-state index contributed by atoms with van der Waals surface area (Å²) in [5, 5.41) is 9.53. The second-order valence-electron chi connectivity index (χ2n) is 5.82. The third-order valence-corrected chi connectivity index (χ3v) is 3.99. The van der Waals surface area contributed by atoms with E-state index in [-0.39, 0.29) is 17.9 Å². The van der Waals surface area contributed by atoms with Crippen LogP contribution >= 0.6 is 0 Å². The molecule has 116 valence electrons. The molecule has 1 aromatic carbocycles. The molecule has 1 atom stereocenters. The first-order valence-electron chi connectivity index (χ1n) is 7.40. The van der Waals surface area contributed by atoms with Gasteiger partial charge in [-0.1, -0.05) is 0 Å². The molecular weight excluding hydrogens is 280 g/mol. The molecule has 0 bridgehead atoms. The summed E-state index contributed by atoms with van der Waals surface area (Å²) in [6.45, 7) is 6.82. The summed E-state index contributed by atoms with van der Waals surface area (Å²) >= 11 is 0. The zero-order valence-corrected chi connectivity index (χ0v) is 13.3. The first-order chi connectivity index (χ1) is 10.5. The summed E-state index contributed by atoms with van der Waals surface area (Å²) in [6.07, 6.45) is 1.87. The molecule has 6 nitrogen and oxygen atoms in total. The lowest BCUT2D eigenvalue weighted by Crippen LogP contribution is -2.11. The lowest BCUT2D eigenvalue weighted by atomic mass is 9.95. The van der Waals surface area contributed by atoms with E-state index in [0.29, 0.717) is 5.56 Å². The van der Waals surface area contributed by atoms with E-state index >= 15 is 0 Å². The molecule has 0 saturated heterocycles. The Balaban J connectivity index is 2.29. The maximum atomic E-state index is 12.2. The van der Waals surface area contributed by atoms with Crippen molar-refractivity contribution in [3.8, 4) is 0 Å². The van der Waals surface area contributed by atoms with Gasteiger partial charge >= 0.3 is 5.97 Å². The number of benzene rings is 1. The number of fused-ring (bicyclic) bond motifs is 1. The molecule has 22 heavy (non-hydrogen) atoms. The molecule has 0 saturated carbocycles. The van der Waals surface area contributed by atoms with Crippen molar-refractivity contribution in [2.45, 2.75) is 32.7 Å². The van der Waals surface area contributed by atoms with Gasteiger partial charge in [0.25, 0.3) is 0 Å². The van der Waals surface area contributed by atoms with Gasteiger partial charge in [-0.05, 0) is 38.5 Å². The maximum Gasteiger partial charge on any atom is 0.338 e. The Kier molecular flexibility index (Phi) is 3.60. The Bertz CT molecular complexity index is 761. The van der Waals surface area contributed by atoms with Crippen molar-refractivity contribution in [1.29, 1.82) is 0 Å². The van der Waals surface area contributed by atoms with Gasteiger partial charge in [0, 0.05) is 30.1 Å². The second-order valence-corrected chi connectivity index (χ2v) is 5.82. The van der Waals surface area contributed by atoms with E-state index in [4.69, 9.17) is 4.74 Å². The van der Waals surface area contributed by atoms with Crippen LogP contribution in [0.5, 0.6) is 0 Å². The number of carbonyl (C=O) groups excluding carboxylic acids is 1. The molecule has 3 rings (SSSR count). The number of hydrogen-bond donors (Lipinski definition) is 1. The van der Waals surface area contributed by atoms with Crippen molar-refractivity contribution >= 4 is 23.1 Å². The zero-order chi connectivity index (χ0) is 15.9. The molecule has 1 aliphatic heterocycles. The highest BCUT2D eigenvalue weighted by Gasteiger charge is 2.22. The predicted octanol–water partition coefficient (Wildman–Crippen LogP) is 2.38. The van der Waals surface area contributed by atoms with E-state index < -0.39 is 0 Å². The normalized spacial score (nSPS) is 17.2. The van der Waals surface area contributed by atoms with Crippen molar-refractivity contribution < 1.29 is 9.53 Å². The van der Waals surface area contributed by atoms with Crippen LogP contribution in [0.15, 0.2) is 17.2 Å². The monoisotopic (exact) mass is 300 g/mol. The second kappa shape index (κ2) is 5.44. The van der Waals surface area contributed by atoms with Crippen LogP contribution in [0.2, 0.25) is 0 Å². The largest absolute Gasteiger partial charge is 0.465 e. The minimum Gasteiger partial charge on any atom is -0.465 e. The lowest BCUT2D eigenvalue weighted by molar-refractivity contribution is 0.0603. The van der Waals surface area contributed by atoms with Crippen LogP contribution < -0.4 is 5.43 Å². The van der Waals surface area contributed by atoms with Crippen LogP contribution in [-0.4, -0.2) is 35.6 Å². The first-order valence-corrected chi connectivity index (χ1v) is 7.40. The number of methoxy groups -OCH3 is 1. The fourth-order valence-electron chi connectivity index (χ4n) is 2.90. The average molecular weight is 300 g/mol. The van der Waals surface area contributed by atoms with Gasteiger partial charge < -0.3 is 10.2 Å². The predicted molar refractivity (Wildman–Crippen MR) is 85.4 cm³/mol. The molecule has 0 fully saturated rings. The van der Waals surface area contributed by atoms with Crippen LogP contribution in [0.1, 0.15) is 47.4 Å². The van der Waals surface area contributed by atoms with E-state index in [9.17, 15) is 4.79 Å². The molecule has 6 heteroatoms. The fourth-order valence-corrected chi connectivity index (χ4v) is 2.90. The third-order valence-electron chi connectivity index (χ3n) is 3.99. The van der Waals surface area contributed by atoms with E-state index in [1.165, 1.54) is 7.11 Å². The number of hydrazone groups is 1. The van der Waals surface area contributed by atoms with Crippen LogP contribution in [-0.2, 0) is 4.74 Å². The Labute approximate surface area is 129 Å². The van der Waals surface area contributed by atoms with Gasteiger partial charge in [-0.3, -0.25) is 4.68 Å². The van der Waals surface area contributed by atoms with Crippen molar-refractivity contribution in [3.05, 3.63) is 29.0 Å². The summed E-state index contributed by atoms with van der Waals surface area (Å²) < 4.78 is 6.92. The van der Waals surface area contributed by atoms with E-state index in [2.05, 4.69) is 35.5 Å². The quantitative estimate of drug-likeness (QED) is 0.884. The number of aromatic nitrogens is 2. The van der Waals surface area contributed by atoms with Gasteiger partial charge in [0.1, 0.15) is 0 Å². The SMILES string of the molecule is COC(=O)c1cc(C2C=NNC2)cc2c1c(C)nn2C(C)C. The van der Waals surface area contributed by atoms with Crippen molar-refractivity contribution in [2.24, 2.45) is 5.10 Å². The molecule has 1 aromatic heterocycles. The Morgan fingerprint density at radius 1 is 1.45 bits per heavy atom. The summed E-state index contributed by atoms with van der Waals surface area (Å²) in [7, 11) is 1.40. The van der Waals surface area contributed by atoms with E-state index in [1.54, 1.807) is 0 Å². The van der Waals surface area contributed by atoms with Gasteiger partial charge in [-0.2, -0.15) is 10.2 Å². The molecule has 0 amide bonds. The standard InChI is InChI=1S/C16H20N4O2/c1-9(2)20-14-6-11(12-7-17-18-8-12)5-13(16(21)22-4)15(14)10(3)19-20/h5-7,9,12,18H,8H2,1-4H3. The van der Waals surface area contributed by atoms with Crippen molar-refractivity contribution in [3.63, 3.8) is 0 Å². The molecule has 1 N–H and O–H groups in total. The van der Waals surface area contributed by atoms with Gasteiger partial charge in [0.05, 0.1) is 23.9 Å². The number of rotatable bonds is 3. The molecule has 1 unspecified atom stereocenters. The van der Waals surface area contributed by atoms with Crippen LogP contribution in [0.3, 0.4) is 0 Å². The number of carbonyl (C=O) groups is 1. The number of nitrogens with zero attached hydrogens (tertiary/aromatic N) is 3. The van der Waals surface area contributed by atoms with Gasteiger partial charge in [-0.15, -0.1) is 0 Å². The Morgan fingerprint density at radius 3 is 2.82 bits per heavy atom. The van der Waals surface area contributed by atoms with Crippen LogP contribution in [0.4, 0.5) is 0 Å². The Hall–Kier alpha value is -2.37. The van der Waals surface area contributed by atoms with Crippen LogP contribution in [0, 0.1) is 6.92 Å². The highest BCUT2D eigenvalue weighted by molar-refractivity contribution is 6.05. The molecular formula is C16H20N4O2. The highest BCUT2D eigenvalue weighted by Crippen LogP contribution is 2.30. The first kappa shape index (κ1) is 14.6. The topological polar surface area (TPSA) is 68.5 Å². The van der Waals surface area contributed by atoms with Crippen molar-refractivity contribution in [1.82, 2.24) is 15.2 Å². The minimum absolute atomic E-state index is 0.156. The smallest absolute Gasteiger partial charge is 0.338 e. The van der Waals surface area contributed by atoms with E-state index in [1.807, 2.05) is 23.9 Å². The van der Waals surface area contributed by atoms with E-state index in [0.717, 1.165) is 28.7 Å². The number of esters is 1. The number of aryl methyl sites for hydroxylation is 1. The molecule has 2 aromatic rings. The number of ether oxygens (including phenoxy) is 1. The molecule has 0 aliphatic carbocycles. The summed E-state index contributed by atoms with van der Waals surface area (Å²) in [5.41, 5.74) is 6.37. The third kappa shape index (κ3) is 2.24. The summed E-state index contributed by atoms with van der Waals surface area (Å²) in [4.78, 5) is 12.2. The van der Waals surface area contributed by atoms with Gasteiger partial charge in [0.15, 0.2) is 0 Å². The lowest BCUT2D eigenvalue weighted by Gasteiger charge is -2.12. The van der Waals surface area contributed by atoms with Gasteiger partial charge in [-0.25, -0.2) is 4.79 Å². The molecule has 0 radical (unpaired) electrons. The van der Waals surface area contributed by atoms with Gasteiger partial charge in [0.2, 0.25) is 0 Å². The van der Waals surface area contributed by atoms with Crippen LogP contribution in [0.25, 0.3) is 10.9 Å². The molecule has 2 heterocycles. The zero-order valence-electron chi connectivity index (χ0n) is 13.3. The minimum atomic E-state index is -0.332. The number of nitrogens with one attached hydrogen (secondary N) is 1. The maximum absolute atomic E-state index is 12.2. The Morgan fingerprint density at radius 2 is 2.23 bits per heavy atom.